The van der Waals surface area contributed by atoms with Crippen LogP contribution in [0.1, 0.15) is 0 Å². The average Bonchev–Trinajstić information content (AvgIpc) is 3.64. The maximum Gasteiger partial charge on any atom is 0.220 e. The van der Waals surface area contributed by atoms with Gasteiger partial charge in [0.25, 0.3) is 0 Å². The van der Waals surface area contributed by atoms with Gasteiger partial charge in [-0.15, -0.1) is 0 Å². The Morgan fingerprint density at radius 3 is 2.18 bits per heavy atom. The van der Waals surface area contributed by atoms with Gasteiger partial charge in [0.1, 0.15) is 11.2 Å². The van der Waals surface area contributed by atoms with E-state index in [1.807, 2.05) is 12.1 Å². The number of hydrogen-bond donors (Lipinski definition) is 0. The number of hydrogen-bond acceptors (Lipinski definition) is 3. The molecular formula is C41H25N3O. The molecule has 1 aliphatic heterocycles. The molecule has 10 rings (SSSR count). The van der Waals surface area contributed by atoms with Gasteiger partial charge in [0, 0.05) is 38.5 Å². The van der Waals surface area contributed by atoms with E-state index in [1.165, 1.54) is 21.9 Å². The summed E-state index contributed by atoms with van der Waals surface area (Å²) < 4.78 is 8.70. The summed E-state index contributed by atoms with van der Waals surface area (Å²) in [6, 6.07) is 53.6. The highest BCUT2D eigenvalue weighted by molar-refractivity contribution is 6.10. The van der Waals surface area contributed by atoms with Crippen molar-refractivity contribution in [2.24, 2.45) is 0 Å². The highest BCUT2D eigenvalue weighted by Gasteiger charge is 2.30. The number of imidazole rings is 1. The molecule has 0 N–H and O–H groups in total. The van der Waals surface area contributed by atoms with Crippen LogP contribution in [-0.2, 0) is 0 Å². The summed E-state index contributed by atoms with van der Waals surface area (Å²) in [4.78, 5) is 7.63. The van der Waals surface area contributed by atoms with Gasteiger partial charge in [0.15, 0.2) is 0 Å². The summed E-state index contributed by atoms with van der Waals surface area (Å²) in [5.41, 5.74) is 11.7. The first-order chi connectivity index (χ1) is 22.3. The molecule has 7 aromatic carbocycles. The zero-order valence-corrected chi connectivity index (χ0v) is 24.2. The van der Waals surface area contributed by atoms with Crippen molar-refractivity contribution in [3.63, 3.8) is 0 Å². The van der Waals surface area contributed by atoms with Crippen LogP contribution in [0.5, 0.6) is 0 Å². The zero-order chi connectivity index (χ0) is 29.5. The lowest BCUT2D eigenvalue weighted by Gasteiger charge is -2.26. The maximum atomic E-state index is 6.39. The van der Waals surface area contributed by atoms with Crippen LogP contribution < -0.4 is 4.90 Å². The number of rotatable bonds is 2. The van der Waals surface area contributed by atoms with E-state index in [0.29, 0.717) is 0 Å². The first-order valence-electron chi connectivity index (χ1n) is 15.2. The summed E-state index contributed by atoms with van der Waals surface area (Å²) in [6.07, 6.45) is 0. The fourth-order valence-electron chi connectivity index (χ4n) is 7.12. The van der Waals surface area contributed by atoms with E-state index < -0.39 is 0 Å². The molecule has 0 aliphatic carbocycles. The third kappa shape index (κ3) is 3.45. The molecule has 0 saturated carbocycles. The second-order valence-corrected chi connectivity index (χ2v) is 11.6. The minimum atomic E-state index is 0.867. The lowest BCUT2D eigenvalue weighted by atomic mass is 9.96. The standard InChI is InChI=1S/C41H25N3O/c1-2-11-29-26(10-1)22-25-33-31-12-3-6-17-36(31)44-37-18-7-5-16-35(37)42-41(44)43(39(29)33)28-23-20-27(21-24-28)30-14-9-15-34-32-13-4-8-19-38(32)45-40(30)34/h1-25H. The molecule has 3 heterocycles. The molecule has 0 unspecified atom stereocenters. The number of fused-ring (bicyclic) bond motifs is 12. The van der Waals surface area contributed by atoms with Gasteiger partial charge >= 0.3 is 0 Å². The van der Waals surface area contributed by atoms with Gasteiger partial charge in [0.2, 0.25) is 5.95 Å². The van der Waals surface area contributed by atoms with E-state index in [-0.39, 0.29) is 0 Å². The van der Waals surface area contributed by atoms with Crippen molar-refractivity contribution in [1.82, 2.24) is 9.55 Å². The van der Waals surface area contributed by atoms with Gasteiger partial charge < -0.3 is 4.42 Å². The van der Waals surface area contributed by atoms with Crippen LogP contribution in [0, 0.1) is 0 Å². The van der Waals surface area contributed by atoms with Crippen molar-refractivity contribution >= 4 is 61.1 Å². The lowest BCUT2D eigenvalue weighted by Crippen LogP contribution is -2.14. The fraction of sp³-hybridized carbons (Fsp3) is 0. The van der Waals surface area contributed by atoms with E-state index in [2.05, 4.69) is 149 Å². The SMILES string of the molecule is c1ccc2c(c1)-c1ccc3ccccc3c1N(c1ccc(-c3cccc4c3oc3ccccc34)cc1)c1nc3ccccc3n1-2. The van der Waals surface area contributed by atoms with Crippen molar-refractivity contribution < 1.29 is 4.42 Å². The molecule has 2 aromatic heterocycles. The van der Waals surface area contributed by atoms with E-state index in [4.69, 9.17) is 9.40 Å². The predicted molar refractivity (Wildman–Crippen MR) is 185 cm³/mol. The summed E-state index contributed by atoms with van der Waals surface area (Å²) in [5.74, 6) is 0.867. The number of aromatic nitrogens is 2. The first-order valence-corrected chi connectivity index (χ1v) is 15.2. The molecule has 0 spiro atoms. The Kier molecular flexibility index (Phi) is 4.96. The monoisotopic (exact) mass is 575 g/mol. The third-order valence-corrected chi connectivity index (χ3v) is 9.14. The Labute approximate surface area is 259 Å². The normalized spacial score (nSPS) is 12.4. The van der Waals surface area contributed by atoms with E-state index in [1.54, 1.807) is 0 Å². The molecule has 45 heavy (non-hydrogen) atoms. The maximum absolute atomic E-state index is 6.39. The molecule has 210 valence electrons. The topological polar surface area (TPSA) is 34.2 Å². The fourth-order valence-corrected chi connectivity index (χ4v) is 7.12. The summed E-state index contributed by atoms with van der Waals surface area (Å²) >= 11 is 0. The Morgan fingerprint density at radius 2 is 1.24 bits per heavy atom. The van der Waals surface area contributed by atoms with Crippen LogP contribution in [0.3, 0.4) is 0 Å². The van der Waals surface area contributed by atoms with Crippen molar-refractivity contribution in [2.75, 3.05) is 4.90 Å². The Bertz CT molecular complexity index is 2610. The minimum absolute atomic E-state index is 0.867. The van der Waals surface area contributed by atoms with E-state index in [9.17, 15) is 0 Å². The molecule has 0 atom stereocenters. The molecule has 4 nitrogen and oxygen atoms in total. The smallest absolute Gasteiger partial charge is 0.220 e. The molecule has 0 amide bonds. The van der Waals surface area contributed by atoms with Gasteiger partial charge in [0.05, 0.1) is 22.4 Å². The third-order valence-electron chi connectivity index (χ3n) is 9.14. The lowest BCUT2D eigenvalue weighted by molar-refractivity contribution is 0.670. The molecule has 0 radical (unpaired) electrons. The molecule has 0 fully saturated rings. The molecule has 1 aliphatic rings. The van der Waals surface area contributed by atoms with E-state index in [0.717, 1.165) is 67.1 Å². The number of nitrogens with zero attached hydrogens (tertiary/aromatic N) is 3. The van der Waals surface area contributed by atoms with Gasteiger partial charge in [-0.25, -0.2) is 4.98 Å². The number of anilines is 3. The van der Waals surface area contributed by atoms with Crippen molar-refractivity contribution in [1.29, 1.82) is 0 Å². The van der Waals surface area contributed by atoms with Crippen LogP contribution in [0.2, 0.25) is 0 Å². The second kappa shape index (κ2) is 9.18. The van der Waals surface area contributed by atoms with Crippen LogP contribution in [0.15, 0.2) is 156 Å². The van der Waals surface area contributed by atoms with E-state index >= 15 is 0 Å². The quantitative estimate of drug-likeness (QED) is 0.206. The first kappa shape index (κ1) is 24.3. The minimum Gasteiger partial charge on any atom is -0.455 e. The van der Waals surface area contributed by atoms with Crippen LogP contribution in [0.25, 0.3) is 71.7 Å². The summed E-state index contributed by atoms with van der Waals surface area (Å²) in [6.45, 7) is 0. The number of furan rings is 1. The van der Waals surface area contributed by atoms with Gasteiger partial charge in [-0.05, 0) is 47.3 Å². The van der Waals surface area contributed by atoms with Crippen molar-refractivity contribution in [2.45, 2.75) is 0 Å². The number of para-hydroxylation sites is 5. The summed E-state index contributed by atoms with van der Waals surface area (Å²) in [5, 5.41) is 4.64. The molecule has 0 bridgehead atoms. The molecule has 0 saturated heterocycles. The predicted octanol–water partition coefficient (Wildman–Crippen LogP) is 11.2. The van der Waals surface area contributed by atoms with Crippen LogP contribution >= 0.6 is 0 Å². The molecule has 9 aromatic rings. The highest BCUT2D eigenvalue weighted by atomic mass is 16.3. The Balaban J connectivity index is 1.24. The average molecular weight is 576 g/mol. The summed E-state index contributed by atoms with van der Waals surface area (Å²) in [7, 11) is 0. The van der Waals surface area contributed by atoms with Gasteiger partial charge in [-0.3, -0.25) is 9.47 Å². The largest absolute Gasteiger partial charge is 0.455 e. The molecule has 4 heteroatoms. The zero-order valence-electron chi connectivity index (χ0n) is 24.2. The number of benzene rings is 7. The Morgan fingerprint density at radius 1 is 0.511 bits per heavy atom. The molecular weight excluding hydrogens is 550 g/mol. The Hall–Kier alpha value is -6.13. The van der Waals surface area contributed by atoms with Crippen LogP contribution in [0.4, 0.5) is 17.3 Å². The second-order valence-electron chi connectivity index (χ2n) is 11.6. The highest BCUT2D eigenvalue weighted by Crippen LogP contribution is 2.50. The van der Waals surface area contributed by atoms with Gasteiger partial charge in [-0.1, -0.05) is 115 Å². The van der Waals surface area contributed by atoms with Crippen LogP contribution in [-0.4, -0.2) is 9.55 Å². The van der Waals surface area contributed by atoms with Crippen molar-refractivity contribution in [3.05, 3.63) is 152 Å². The van der Waals surface area contributed by atoms with Crippen molar-refractivity contribution in [3.8, 4) is 27.9 Å². The van der Waals surface area contributed by atoms with Gasteiger partial charge in [-0.2, -0.15) is 0 Å².